The Bertz CT molecular complexity index is 1140. The summed E-state index contributed by atoms with van der Waals surface area (Å²) in [6.07, 6.45) is 1.50. The van der Waals surface area contributed by atoms with Crippen LogP contribution in [0.3, 0.4) is 0 Å². The van der Waals surface area contributed by atoms with Crippen LogP contribution in [0, 0.1) is 6.92 Å². The molecule has 0 saturated carbocycles. The van der Waals surface area contributed by atoms with Gasteiger partial charge >= 0.3 is 5.97 Å². The molecule has 3 rings (SSSR count). The summed E-state index contributed by atoms with van der Waals surface area (Å²) in [6.45, 7) is 6.52. The van der Waals surface area contributed by atoms with Crippen molar-refractivity contribution in [2.24, 2.45) is 5.10 Å². The highest BCUT2D eigenvalue weighted by molar-refractivity contribution is 5.96. The lowest BCUT2D eigenvalue weighted by atomic mass is 10.1. The second kappa shape index (κ2) is 11.5. The number of hydrogen-bond acceptors (Lipinski definition) is 6. The number of esters is 1. The number of benzene rings is 3. The Balaban J connectivity index is 1.69. The van der Waals surface area contributed by atoms with E-state index in [0.29, 0.717) is 41.4 Å². The third kappa shape index (κ3) is 6.43. The summed E-state index contributed by atoms with van der Waals surface area (Å²) in [4.78, 5) is 24.8. The largest absolute Gasteiger partial charge is 0.494 e. The minimum absolute atomic E-state index is 0.289. The molecule has 3 aromatic rings. The number of carbonyl (C=O) groups is 2. The predicted molar refractivity (Wildman–Crippen MR) is 126 cm³/mol. The lowest BCUT2D eigenvalue weighted by Crippen LogP contribution is -2.18. The van der Waals surface area contributed by atoms with Gasteiger partial charge in [0.15, 0.2) is 11.5 Å². The number of nitrogens with zero attached hydrogens (tertiary/aromatic N) is 1. The maximum Gasteiger partial charge on any atom is 0.343 e. The topological polar surface area (TPSA) is 86.2 Å². The third-order valence-electron chi connectivity index (χ3n) is 4.64. The fraction of sp³-hybridized carbons (Fsp3) is 0.192. The highest BCUT2D eigenvalue weighted by Crippen LogP contribution is 2.29. The van der Waals surface area contributed by atoms with E-state index in [9.17, 15) is 9.59 Å². The first kappa shape index (κ1) is 23.5. The Morgan fingerprint density at radius 1 is 0.909 bits per heavy atom. The van der Waals surface area contributed by atoms with Crippen molar-refractivity contribution in [3.05, 3.63) is 89.0 Å². The van der Waals surface area contributed by atoms with Crippen molar-refractivity contribution in [3.8, 4) is 17.2 Å². The molecular formula is C26H26N2O5. The average molecular weight is 447 g/mol. The van der Waals surface area contributed by atoms with Crippen LogP contribution in [-0.2, 0) is 0 Å². The summed E-state index contributed by atoms with van der Waals surface area (Å²) in [5.41, 5.74) is 5.00. The zero-order valence-electron chi connectivity index (χ0n) is 18.8. The van der Waals surface area contributed by atoms with Crippen LogP contribution < -0.4 is 19.6 Å². The Hall–Kier alpha value is -4.13. The number of rotatable bonds is 9. The Morgan fingerprint density at radius 3 is 2.33 bits per heavy atom. The smallest absolute Gasteiger partial charge is 0.343 e. The molecule has 0 bridgehead atoms. The quantitative estimate of drug-likeness (QED) is 0.221. The van der Waals surface area contributed by atoms with Gasteiger partial charge in [0.2, 0.25) is 0 Å². The fourth-order valence-electron chi connectivity index (χ4n) is 3.02. The molecule has 0 saturated heterocycles. The maximum atomic E-state index is 12.5. The average Bonchev–Trinajstić information content (AvgIpc) is 2.81. The van der Waals surface area contributed by atoms with Crippen molar-refractivity contribution >= 4 is 18.1 Å². The molecule has 3 aromatic carbocycles. The molecule has 0 aliphatic heterocycles. The maximum absolute atomic E-state index is 12.5. The number of aryl methyl sites for hydroxylation is 1. The van der Waals surface area contributed by atoms with Crippen LogP contribution in [0.15, 0.2) is 71.8 Å². The van der Waals surface area contributed by atoms with E-state index >= 15 is 0 Å². The van der Waals surface area contributed by atoms with Gasteiger partial charge in [-0.2, -0.15) is 5.10 Å². The molecule has 0 atom stereocenters. The lowest BCUT2D eigenvalue weighted by Gasteiger charge is -2.11. The highest BCUT2D eigenvalue weighted by atomic mass is 16.6. The molecule has 170 valence electrons. The van der Waals surface area contributed by atoms with Crippen LogP contribution in [0.5, 0.6) is 17.2 Å². The third-order valence-corrected chi connectivity index (χ3v) is 4.64. The van der Waals surface area contributed by atoms with Gasteiger partial charge in [0, 0.05) is 5.56 Å². The summed E-state index contributed by atoms with van der Waals surface area (Å²) in [5.74, 6) is 0.561. The van der Waals surface area contributed by atoms with Gasteiger partial charge < -0.3 is 14.2 Å². The number of hydrogen-bond donors (Lipinski definition) is 1. The summed E-state index contributed by atoms with van der Waals surface area (Å²) < 4.78 is 16.6. The minimum atomic E-state index is -0.508. The second-order valence-corrected chi connectivity index (χ2v) is 7.00. The molecule has 1 N–H and O–H groups in total. The fourth-order valence-corrected chi connectivity index (χ4v) is 3.02. The van der Waals surface area contributed by atoms with Crippen molar-refractivity contribution in [1.29, 1.82) is 0 Å². The molecular weight excluding hydrogens is 420 g/mol. The summed E-state index contributed by atoms with van der Waals surface area (Å²) >= 11 is 0. The van der Waals surface area contributed by atoms with Crippen LogP contribution in [0.2, 0.25) is 0 Å². The van der Waals surface area contributed by atoms with Gasteiger partial charge in [-0.05, 0) is 80.4 Å². The molecule has 33 heavy (non-hydrogen) atoms. The first-order valence-electron chi connectivity index (χ1n) is 10.6. The number of carbonyl (C=O) groups excluding carboxylic acids is 2. The van der Waals surface area contributed by atoms with E-state index < -0.39 is 5.97 Å². The standard InChI is InChI=1S/C26H26N2O5/c1-4-31-21-13-11-20(12-14-21)26(30)33-23-15-10-19(16-24(23)32-5-2)17-27-28-25(29)22-9-7-6-8-18(22)3/h6-17H,4-5H2,1-3H3,(H,28,29)/b27-17+. The summed E-state index contributed by atoms with van der Waals surface area (Å²) in [5, 5.41) is 4.02. The van der Waals surface area contributed by atoms with Gasteiger partial charge in [0.05, 0.1) is 25.0 Å². The van der Waals surface area contributed by atoms with Gasteiger partial charge in [-0.25, -0.2) is 10.2 Å². The van der Waals surface area contributed by atoms with Crippen LogP contribution in [0.25, 0.3) is 0 Å². The molecule has 0 aliphatic carbocycles. The molecule has 0 radical (unpaired) electrons. The van der Waals surface area contributed by atoms with E-state index in [0.717, 1.165) is 5.56 Å². The van der Waals surface area contributed by atoms with Crippen LogP contribution >= 0.6 is 0 Å². The van der Waals surface area contributed by atoms with E-state index in [1.807, 2.05) is 32.9 Å². The van der Waals surface area contributed by atoms with Gasteiger partial charge in [-0.15, -0.1) is 0 Å². The molecule has 0 spiro atoms. The molecule has 0 aliphatic rings. The first-order chi connectivity index (χ1) is 16.0. The lowest BCUT2D eigenvalue weighted by molar-refractivity contribution is 0.0728. The van der Waals surface area contributed by atoms with E-state index in [1.54, 1.807) is 54.6 Å². The number of hydrazone groups is 1. The van der Waals surface area contributed by atoms with Crippen molar-refractivity contribution in [3.63, 3.8) is 0 Å². The SMILES string of the molecule is CCOc1ccc(C(=O)Oc2ccc(/C=N/NC(=O)c3ccccc3C)cc2OCC)cc1. The minimum Gasteiger partial charge on any atom is -0.494 e. The van der Waals surface area contributed by atoms with Gasteiger partial charge in [-0.1, -0.05) is 18.2 Å². The van der Waals surface area contributed by atoms with Crippen molar-refractivity contribution in [1.82, 2.24) is 5.43 Å². The Labute approximate surface area is 193 Å². The summed E-state index contributed by atoms with van der Waals surface area (Å²) in [6, 6.07) is 19.0. The van der Waals surface area contributed by atoms with Crippen LogP contribution in [0.4, 0.5) is 0 Å². The number of nitrogens with one attached hydrogen (secondary N) is 1. The van der Waals surface area contributed by atoms with E-state index in [2.05, 4.69) is 10.5 Å². The number of ether oxygens (including phenoxy) is 3. The van der Waals surface area contributed by atoms with Crippen LogP contribution in [0.1, 0.15) is 45.7 Å². The molecule has 7 nitrogen and oxygen atoms in total. The molecule has 7 heteroatoms. The van der Waals surface area contributed by atoms with Gasteiger partial charge in [0.1, 0.15) is 5.75 Å². The van der Waals surface area contributed by atoms with E-state index in [-0.39, 0.29) is 11.7 Å². The van der Waals surface area contributed by atoms with Gasteiger partial charge in [0.25, 0.3) is 5.91 Å². The molecule has 0 fully saturated rings. The summed E-state index contributed by atoms with van der Waals surface area (Å²) in [7, 11) is 0. The molecule has 0 heterocycles. The van der Waals surface area contributed by atoms with Crippen molar-refractivity contribution < 1.29 is 23.8 Å². The highest BCUT2D eigenvalue weighted by Gasteiger charge is 2.14. The zero-order chi connectivity index (χ0) is 23.6. The first-order valence-corrected chi connectivity index (χ1v) is 10.6. The van der Waals surface area contributed by atoms with E-state index in [4.69, 9.17) is 14.2 Å². The molecule has 0 aromatic heterocycles. The predicted octanol–water partition coefficient (Wildman–Crippen LogP) is 4.78. The van der Waals surface area contributed by atoms with E-state index in [1.165, 1.54) is 6.21 Å². The normalized spacial score (nSPS) is 10.6. The molecule has 1 amide bonds. The van der Waals surface area contributed by atoms with Crippen LogP contribution in [-0.4, -0.2) is 31.3 Å². The Morgan fingerprint density at radius 2 is 1.64 bits per heavy atom. The van der Waals surface area contributed by atoms with Crippen molar-refractivity contribution in [2.75, 3.05) is 13.2 Å². The monoisotopic (exact) mass is 446 g/mol. The molecule has 0 unspecified atom stereocenters. The van der Waals surface area contributed by atoms with Gasteiger partial charge in [-0.3, -0.25) is 4.79 Å². The zero-order valence-corrected chi connectivity index (χ0v) is 18.8. The second-order valence-electron chi connectivity index (χ2n) is 7.00. The Kier molecular flexibility index (Phi) is 8.18. The van der Waals surface area contributed by atoms with Crippen molar-refractivity contribution in [2.45, 2.75) is 20.8 Å². The number of amides is 1.